The third kappa shape index (κ3) is 2.74. The van der Waals surface area contributed by atoms with E-state index >= 15 is 0 Å². The molecular formula is C12H16ClNO3S. The van der Waals surface area contributed by atoms with Crippen molar-refractivity contribution in [2.75, 3.05) is 25.7 Å². The zero-order chi connectivity index (χ0) is 13.0. The molecule has 18 heavy (non-hydrogen) atoms. The minimum Gasteiger partial charge on any atom is -0.381 e. The Bertz CT molecular complexity index is 410. The average Bonchev–Trinajstić information content (AvgIpc) is 2.89. The van der Waals surface area contributed by atoms with Crippen molar-refractivity contribution < 1.29 is 14.3 Å². The maximum absolute atomic E-state index is 11.5. The Morgan fingerprint density at radius 3 is 2.94 bits per heavy atom. The average molecular weight is 290 g/mol. The zero-order valence-corrected chi connectivity index (χ0v) is 11.9. The molecule has 6 heteroatoms. The van der Waals surface area contributed by atoms with Gasteiger partial charge < -0.3 is 9.47 Å². The molecule has 0 bridgehead atoms. The number of halogens is 1. The topological polar surface area (TPSA) is 48.4 Å². The van der Waals surface area contributed by atoms with Crippen LogP contribution in [0.2, 0.25) is 0 Å². The van der Waals surface area contributed by atoms with Crippen molar-refractivity contribution in [2.45, 2.75) is 25.4 Å². The fourth-order valence-electron chi connectivity index (χ4n) is 2.08. The van der Waals surface area contributed by atoms with Gasteiger partial charge in [0.15, 0.2) is 5.78 Å². The molecule has 2 heterocycles. The highest BCUT2D eigenvalue weighted by atomic mass is 35.5. The molecule has 0 saturated carbocycles. The second-order valence-corrected chi connectivity index (χ2v) is 5.26. The summed E-state index contributed by atoms with van der Waals surface area (Å²) < 4.78 is 11.3. The highest BCUT2D eigenvalue weighted by Gasteiger charge is 2.38. The first-order chi connectivity index (χ1) is 8.72. The fraction of sp³-hybridized carbons (Fsp3) is 0.667. The van der Waals surface area contributed by atoms with E-state index in [1.165, 1.54) is 11.3 Å². The molecule has 0 spiro atoms. The largest absolute Gasteiger partial charge is 0.381 e. The monoisotopic (exact) mass is 289 g/mol. The van der Waals surface area contributed by atoms with Gasteiger partial charge in [-0.1, -0.05) is 0 Å². The van der Waals surface area contributed by atoms with Gasteiger partial charge in [0.1, 0.15) is 16.3 Å². The number of hydrogen-bond donors (Lipinski definition) is 0. The van der Waals surface area contributed by atoms with E-state index in [-0.39, 0.29) is 17.3 Å². The normalized spacial score (nSPS) is 18.8. The van der Waals surface area contributed by atoms with Crippen molar-refractivity contribution in [3.8, 4) is 0 Å². The molecule has 0 aliphatic carbocycles. The number of nitrogens with zero attached hydrogens (tertiary/aromatic N) is 1. The van der Waals surface area contributed by atoms with Gasteiger partial charge in [-0.25, -0.2) is 4.98 Å². The van der Waals surface area contributed by atoms with Crippen LogP contribution in [0.1, 0.15) is 35.3 Å². The maximum Gasteiger partial charge on any atom is 0.196 e. The van der Waals surface area contributed by atoms with Crippen LogP contribution in [0.25, 0.3) is 0 Å². The van der Waals surface area contributed by atoms with Gasteiger partial charge in [0, 0.05) is 38.0 Å². The van der Waals surface area contributed by atoms with Crippen LogP contribution in [0.15, 0.2) is 5.38 Å². The lowest BCUT2D eigenvalue weighted by molar-refractivity contribution is -0.112. The third-order valence-corrected chi connectivity index (χ3v) is 4.29. The van der Waals surface area contributed by atoms with E-state index in [1.807, 2.05) is 6.92 Å². The van der Waals surface area contributed by atoms with Gasteiger partial charge in [0.2, 0.25) is 0 Å². The molecule has 0 radical (unpaired) electrons. The smallest absolute Gasteiger partial charge is 0.196 e. The molecule has 1 aliphatic heterocycles. The summed E-state index contributed by atoms with van der Waals surface area (Å²) in [7, 11) is 0. The zero-order valence-electron chi connectivity index (χ0n) is 10.3. The van der Waals surface area contributed by atoms with Crippen molar-refractivity contribution in [3.63, 3.8) is 0 Å². The summed E-state index contributed by atoms with van der Waals surface area (Å²) in [5.41, 5.74) is 0.0539. The molecule has 1 aromatic heterocycles. The van der Waals surface area contributed by atoms with Crippen LogP contribution >= 0.6 is 22.9 Å². The number of alkyl halides is 1. The number of carbonyl (C=O) groups excluding carboxylic acids is 1. The van der Waals surface area contributed by atoms with Crippen LogP contribution in [-0.2, 0) is 15.1 Å². The van der Waals surface area contributed by atoms with E-state index in [2.05, 4.69) is 4.98 Å². The number of Topliss-reactive ketones (excluding diaryl/α,β-unsaturated/α-hetero) is 1. The van der Waals surface area contributed by atoms with E-state index in [0.29, 0.717) is 25.5 Å². The lowest BCUT2D eigenvalue weighted by Gasteiger charge is -2.35. The number of ether oxygens (including phenoxy) is 2. The molecular weight excluding hydrogens is 274 g/mol. The minimum absolute atomic E-state index is 0.0338. The van der Waals surface area contributed by atoms with E-state index in [4.69, 9.17) is 21.1 Å². The Labute approximate surface area is 115 Å². The standard InChI is InChI=1S/C12H16ClNO3S/c1-2-17-12(3-5-16-6-4-12)11-14-9(8-18-11)10(15)7-13/h8H,2-7H2,1H3. The van der Waals surface area contributed by atoms with E-state index in [1.54, 1.807) is 5.38 Å². The third-order valence-electron chi connectivity index (χ3n) is 3.02. The number of ketones is 1. The van der Waals surface area contributed by atoms with Crippen molar-refractivity contribution >= 4 is 28.7 Å². The summed E-state index contributed by atoms with van der Waals surface area (Å²) in [5, 5.41) is 2.62. The number of aromatic nitrogens is 1. The molecule has 2 rings (SSSR count). The predicted molar refractivity (Wildman–Crippen MR) is 70.5 cm³/mol. The molecule has 0 amide bonds. The van der Waals surface area contributed by atoms with Gasteiger partial charge in [-0.2, -0.15) is 0 Å². The second-order valence-electron chi connectivity index (χ2n) is 4.13. The van der Waals surface area contributed by atoms with Gasteiger partial charge in [0.25, 0.3) is 0 Å². The van der Waals surface area contributed by atoms with Gasteiger partial charge in [-0.15, -0.1) is 22.9 Å². The Morgan fingerprint density at radius 1 is 1.61 bits per heavy atom. The van der Waals surface area contributed by atoms with Crippen molar-refractivity contribution in [1.29, 1.82) is 0 Å². The van der Waals surface area contributed by atoms with Gasteiger partial charge in [-0.3, -0.25) is 4.79 Å². The fourth-order valence-corrected chi connectivity index (χ4v) is 3.25. The Morgan fingerprint density at radius 2 is 2.33 bits per heavy atom. The summed E-state index contributed by atoms with van der Waals surface area (Å²) in [5.74, 6) is -0.175. The summed E-state index contributed by atoms with van der Waals surface area (Å²) in [4.78, 5) is 15.9. The van der Waals surface area contributed by atoms with Crippen LogP contribution in [0.5, 0.6) is 0 Å². The Balaban J connectivity index is 2.25. The van der Waals surface area contributed by atoms with E-state index < -0.39 is 0 Å². The number of thiazole rings is 1. The molecule has 1 aromatic rings. The molecule has 0 unspecified atom stereocenters. The minimum atomic E-state index is -0.386. The lowest BCUT2D eigenvalue weighted by atomic mass is 9.95. The maximum atomic E-state index is 11.5. The summed E-state index contributed by atoms with van der Waals surface area (Å²) in [6.45, 7) is 3.92. The van der Waals surface area contributed by atoms with Crippen molar-refractivity contribution in [1.82, 2.24) is 4.98 Å². The summed E-state index contributed by atoms with van der Waals surface area (Å²) in [6.07, 6.45) is 1.56. The summed E-state index contributed by atoms with van der Waals surface area (Å²) in [6, 6.07) is 0. The van der Waals surface area contributed by atoms with Crippen LogP contribution in [-0.4, -0.2) is 36.5 Å². The van der Waals surface area contributed by atoms with Crippen molar-refractivity contribution in [3.05, 3.63) is 16.1 Å². The van der Waals surface area contributed by atoms with Crippen LogP contribution in [0.4, 0.5) is 0 Å². The second kappa shape index (κ2) is 6.10. The molecule has 1 fully saturated rings. The highest BCUT2D eigenvalue weighted by Crippen LogP contribution is 2.37. The first-order valence-corrected chi connectivity index (χ1v) is 7.40. The Hall–Kier alpha value is -0.490. The predicted octanol–water partition coefficient (Wildman–Crippen LogP) is 2.61. The number of hydrogen-bond acceptors (Lipinski definition) is 5. The molecule has 1 aliphatic rings. The molecule has 100 valence electrons. The van der Waals surface area contributed by atoms with Crippen LogP contribution in [0, 0.1) is 0 Å². The molecule has 0 N–H and O–H groups in total. The first kappa shape index (κ1) is 13.9. The SMILES string of the molecule is CCOC1(c2nc(C(=O)CCl)cs2)CCOCC1. The van der Waals surface area contributed by atoms with Gasteiger partial charge in [0.05, 0.1) is 5.88 Å². The van der Waals surface area contributed by atoms with Gasteiger partial charge in [-0.05, 0) is 6.92 Å². The van der Waals surface area contributed by atoms with Crippen molar-refractivity contribution in [2.24, 2.45) is 0 Å². The lowest BCUT2D eigenvalue weighted by Crippen LogP contribution is -2.36. The summed E-state index contributed by atoms with van der Waals surface area (Å²) >= 11 is 7.01. The molecule has 4 nitrogen and oxygen atoms in total. The van der Waals surface area contributed by atoms with Crippen LogP contribution in [0.3, 0.4) is 0 Å². The van der Waals surface area contributed by atoms with Crippen LogP contribution < -0.4 is 0 Å². The number of carbonyl (C=O) groups is 1. The highest BCUT2D eigenvalue weighted by molar-refractivity contribution is 7.10. The van der Waals surface area contributed by atoms with E-state index in [0.717, 1.165) is 17.8 Å². The first-order valence-electron chi connectivity index (χ1n) is 5.99. The molecule has 1 saturated heterocycles. The molecule has 0 atom stereocenters. The molecule has 0 aromatic carbocycles. The Kier molecular flexibility index (Phi) is 4.72. The van der Waals surface area contributed by atoms with E-state index in [9.17, 15) is 4.79 Å². The number of rotatable bonds is 5. The quantitative estimate of drug-likeness (QED) is 0.617. The van der Waals surface area contributed by atoms with Gasteiger partial charge >= 0.3 is 0 Å².